The van der Waals surface area contributed by atoms with Crippen molar-refractivity contribution in [3.8, 4) is 12.1 Å². The van der Waals surface area contributed by atoms with Crippen molar-refractivity contribution in [2.24, 2.45) is 5.92 Å². The summed E-state index contributed by atoms with van der Waals surface area (Å²) in [6.45, 7) is 5.13. The fourth-order valence-electron chi connectivity index (χ4n) is 1.32. The highest BCUT2D eigenvalue weighted by molar-refractivity contribution is 5.70. The lowest BCUT2D eigenvalue weighted by molar-refractivity contribution is 0.689. The molecule has 0 aliphatic rings. The Labute approximate surface area is 108 Å². The maximum absolute atomic E-state index is 8.65. The van der Waals surface area contributed by atoms with Crippen molar-refractivity contribution in [1.82, 2.24) is 0 Å². The summed E-state index contributed by atoms with van der Waals surface area (Å²) in [4.78, 5) is 0. The molecule has 0 unspecified atom stereocenters. The molecule has 92 valence electrons. The number of hydrogen-bond acceptors (Lipinski definition) is 4. The van der Waals surface area contributed by atoms with Gasteiger partial charge in [0, 0.05) is 12.7 Å². The lowest BCUT2D eigenvalue weighted by Gasteiger charge is -2.13. The molecular formula is C14H16N4. The van der Waals surface area contributed by atoms with Crippen LogP contribution in [0, 0.1) is 28.6 Å². The van der Waals surface area contributed by atoms with Gasteiger partial charge in [0.1, 0.15) is 17.7 Å². The smallest absolute Gasteiger partial charge is 0.145 e. The number of nitrogens with zero attached hydrogens (tertiary/aromatic N) is 2. The Morgan fingerprint density at radius 1 is 1.22 bits per heavy atom. The van der Waals surface area contributed by atoms with Gasteiger partial charge in [-0.1, -0.05) is 26.0 Å². The summed E-state index contributed by atoms with van der Waals surface area (Å²) in [7, 11) is 0. The second kappa shape index (κ2) is 6.98. The van der Waals surface area contributed by atoms with Crippen molar-refractivity contribution < 1.29 is 0 Å². The molecule has 1 aromatic carbocycles. The van der Waals surface area contributed by atoms with Crippen LogP contribution in [-0.4, -0.2) is 6.54 Å². The van der Waals surface area contributed by atoms with Gasteiger partial charge in [-0.2, -0.15) is 10.5 Å². The van der Waals surface area contributed by atoms with Gasteiger partial charge in [0.15, 0.2) is 0 Å². The Hall–Kier alpha value is -2.46. The Morgan fingerprint density at radius 2 is 1.83 bits per heavy atom. The quantitative estimate of drug-likeness (QED) is 0.776. The van der Waals surface area contributed by atoms with Crippen molar-refractivity contribution in [3.63, 3.8) is 0 Å². The van der Waals surface area contributed by atoms with Crippen LogP contribution in [0.5, 0.6) is 0 Å². The fourth-order valence-corrected chi connectivity index (χ4v) is 1.32. The Balaban J connectivity index is 2.80. The average Bonchev–Trinajstić information content (AvgIpc) is 2.38. The predicted octanol–water partition coefficient (Wildman–Crippen LogP) is 3.10. The van der Waals surface area contributed by atoms with Crippen molar-refractivity contribution in [1.29, 1.82) is 10.5 Å². The first-order chi connectivity index (χ1) is 8.67. The molecule has 0 atom stereocenters. The molecule has 0 saturated carbocycles. The highest BCUT2D eigenvalue weighted by atomic mass is 14.9. The summed E-state index contributed by atoms with van der Waals surface area (Å²) in [6, 6.07) is 11.3. The topological polar surface area (TPSA) is 71.6 Å². The second-order valence-corrected chi connectivity index (χ2v) is 4.25. The zero-order valence-electron chi connectivity index (χ0n) is 10.6. The molecule has 0 saturated heterocycles. The molecule has 0 aliphatic heterocycles. The van der Waals surface area contributed by atoms with E-state index in [1.54, 1.807) is 0 Å². The van der Waals surface area contributed by atoms with E-state index in [-0.39, 0.29) is 5.57 Å². The van der Waals surface area contributed by atoms with Crippen molar-refractivity contribution in [3.05, 3.63) is 36.0 Å². The molecule has 0 aromatic heterocycles. The van der Waals surface area contributed by atoms with Gasteiger partial charge in [0.2, 0.25) is 0 Å². The third kappa shape index (κ3) is 4.19. The Kier molecular flexibility index (Phi) is 5.28. The molecular weight excluding hydrogens is 224 g/mol. The maximum atomic E-state index is 8.65. The minimum Gasteiger partial charge on any atom is -0.383 e. The van der Waals surface area contributed by atoms with E-state index >= 15 is 0 Å². The highest BCUT2D eigenvalue weighted by Gasteiger charge is 2.01. The number of rotatable bonds is 5. The molecule has 4 heteroatoms. The predicted molar refractivity (Wildman–Crippen MR) is 72.7 cm³/mol. The van der Waals surface area contributed by atoms with Crippen LogP contribution in [0.4, 0.5) is 11.4 Å². The number of benzene rings is 1. The number of hydrogen-bond donors (Lipinski definition) is 2. The summed E-state index contributed by atoms with van der Waals surface area (Å²) in [5.74, 6) is 0.544. The number of allylic oxidation sites excluding steroid dienone is 1. The third-order valence-electron chi connectivity index (χ3n) is 2.24. The SMILES string of the molecule is CC(C)CNc1ccccc1NC=C(C#N)C#N. The van der Waals surface area contributed by atoms with E-state index in [9.17, 15) is 0 Å². The largest absolute Gasteiger partial charge is 0.383 e. The zero-order valence-corrected chi connectivity index (χ0v) is 10.6. The second-order valence-electron chi connectivity index (χ2n) is 4.25. The lowest BCUT2D eigenvalue weighted by atomic mass is 10.2. The fraction of sp³-hybridized carbons (Fsp3) is 0.286. The van der Waals surface area contributed by atoms with Gasteiger partial charge in [-0.25, -0.2) is 0 Å². The van der Waals surface area contributed by atoms with Gasteiger partial charge >= 0.3 is 0 Å². The standard InChI is InChI=1S/C14H16N4/c1-11(2)9-17-13-5-3-4-6-14(13)18-10-12(7-15)8-16/h3-6,10-11,17-18H,9H2,1-2H3. The molecule has 0 radical (unpaired) electrons. The third-order valence-corrected chi connectivity index (χ3v) is 2.24. The van der Waals surface area contributed by atoms with Gasteiger partial charge in [0.05, 0.1) is 11.4 Å². The van der Waals surface area contributed by atoms with Crippen LogP contribution >= 0.6 is 0 Å². The van der Waals surface area contributed by atoms with Gasteiger partial charge in [0.25, 0.3) is 0 Å². The van der Waals surface area contributed by atoms with Crippen molar-refractivity contribution in [2.45, 2.75) is 13.8 Å². The molecule has 0 heterocycles. The Morgan fingerprint density at radius 3 is 2.39 bits per heavy atom. The van der Waals surface area contributed by atoms with Crippen LogP contribution in [0.1, 0.15) is 13.8 Å². The molecule has 0 fully saturated rings. The van der Waals surface area contributed by atoms with Crippen LogP contribution in [0.3, 0.4) is 0 Å². The molecule has 0 aliphatic carbocycles. The van der Waals surface area contributed by atoms with Crippen LogP contribution in [0.25, 0.3) is 0 Å². The summed E-state index contributed by atoms with van der Waals surface area (Å²) in [6.07, 6.45) is 1.41. The highest BCUT2D eigenvalue weighted by Crippen LogP contribution is 2.21. The summed E-state index contributed by atoms with van der Waals surface area (Å²) < 4.78 is 0. The van der Waals surface area contributed by atoms with Gasteiger partial charge < -0.3 is 10.6 Å². The van der Waals surface area contributed by atoms with E-state index in [1.165, 1.54) is 6.20 Å². The van der Waals surface area contributed by atoms with E-state index < -0.39 is 0 Å². The summed E-state index contributed by atoms with van der Waals surface area (Å²) in [5.41, 5.74) is 1.85. The molecule has 4 nitrogen and oxygen atoms in total. The average molecular weight is 240 g/mol. The first-order valence-corrected chi connectivity index (χ1v) is 5.77. The van der Waals surface area contributed by atoms with Crippen molar-refractivity contribution >= 4 is 11.4 Å². The minimum absolute atomic E-state index is 0.0497. The van der Waals surface area contributed by atoms with Crippen LogP contribution in [0.15, 0.2) is 36.0 Å². The van der Waals surface area contributed by atoms with E-state index in [0.29, 0.717) is 5.92 Å². The van der Waals surface area contributed by atoms with Crippen LogP contribution in [0.2, 0.25) is 0 Å². The molecule has 2 N–H and O–H groups in total. The first-order valence-electron chi connectivity index (χ1n) is 5.77. The molecule has 0 spiro atoms. The first kappa shape index (κ1) is 13.6. The number of nitrogens with one attached hydrogen (secondary N) is 2. The van der Waals surface area contributed by atoms with Gasteiger partial charge in [-0.05, 0) is 18.1 Å². The maximum Gasteiger partial charge on any atom is 0.145 e. The van der Waals surface area contributed by atoms with Gasteiger partial charge in [-0.3, -0.25) is 0 Å². The van der Waals surface area contributed by atoms with Crippen molar-refractivity contribution in [2.75, 3.05) is 17.2 Å². The van der Waals surface area contributed by atoms with Crippen LogP contribution < -0.4 is 10.6 Å². The normalized spacial score (nSPS) is 9.17. The van der Waals surface area contributed by atoms with E-state index in [2.05, 4.69) is 24.5 Å². The number of para-hydroxylation sites is 2. The lowest BCUT2D eigenvalue weighted by Crippen LogP contribution is -2.09. The van der Waals surface area contributed by atoms with E-state index in [1.807, 2.05) is 36.4 Å². The molecule has 0 amide bonds. The van der Waals surface area contributed by atoms with E-state index in [0.717, 1.165) is 17.9 Å². The number of nitriles is 2. The molecule has 18 heavy (non-hydrogen) atoms. The minimum atomic E-state index is 0.0497. The molecule has 0 bridgehead atoms. The zero-order chi connectivity index (χ0) is 13.4. The molecule has 1 aromatic rings. The summed E-state index contributed by atoms with van der Waals surface area (Å²) >= 11 is 0. The summed E-state index contributed by atoms with van der Waals surface area (Å²) in [5, 5.41) is 23.6. The number of anilines is 2. The Bertz CT molecular complexity index is 487. The van der Waals surface area contributed by atoms with Gasteiger partial charge in [-0.15, -0.1) is 0 Å². The van der Waals surface area contributed by atoms with Crippen LogP contribution in [-0.2, 0) is 0 Å². The monoisotopic (exact) mass is 240 g/mol. The molecule has 1 rings (SSSR count). The van der Waals surface area contributed by atoms with E-state index in [4.69, 9.17) is 10.5 Å².